The molecule has 1 rings (SSSR count). The van der Waals surface area contributed by atoms with Crippen LogP contribution in [0.4, 0.5) is 0 Å². The first kappa shape index (κ1) is 13.5. The second-order valence-electron chi connectivity index (χ2n) is 3.77. The highest BCUT2D eigenvalue weighted by molar-refractivity contribution is 6.20. The molecule has 0 saturated carbocycles. The van der Waals surface area contributed by atoms with E-state index in [1.54, 1.807) is 0 Å². The first-order valence-electron chi connectivity index (χ1n) is 5.48. The normalized spacial score (nSPS) is 12.4. The van der Waals surface area contributed by atoms with Crippen molar-refractivity contribution in [1.82, 2.24) is 0 Å². The summed E-state index contributed by atoms with van der Waals surface area (Å²) in [6.07, 6.45) is 1.81. The zero-order chi connectivity index (χ0) is 12.0. The summed E-state index contributed by atoms with van der Waals surface area (Å²) in [4.78, 5) is 11.4. The Bertz CT molecular complexity index is 332. The summed E-state index contributed by atoms with van der Waals surface area (Å²) in [5, 5.41) is 0.0626. The molecule has 1 aromatic carbocycles. The molecule has 1 aromatic rings. The molecule has 0 heterocycles. The highest BCUT2D eigenvalue weighted by Gasteiger charge is 2.06. The van der Waals surface area contributed by atoms with Crippen LogP contribution in [0.3, 0.4) is 0 Å². The second kappa shape index (κ2) is 6.93. The number of Topliss-reactive ketones (excluding diaryl/α,β-unsaturated/α-hetero) is 1. The molecular formula is C13H16Cl2O. The minimum Gasteiger partial charge on any atom is -0.299 e. The van der Waals surface area contributed by atoms with Crippen LogP contribution in [0.2, 0.25) is 0 Å². The van der Waals surface area contributed by atoms with E-state index in [9.17, 15) is 4.79 Å². The lowest BCUT2D eigenvalue weighted by Crippen LogP contribution is -2.03. The van der Waals surface area contributed by atoms with Gasteiger partial charge in [0, 0.05) is 18.7 Å². The van der Waals surface area contributed by atoms with Crippen molar-refractivity contribution < 1.29 is 4.79 Å². The van der Waals surface area contributed by atoms with Crippen molar-refractivity contribution in [3.8, 4) is 0 Å². The summed E-state index contributed by atoms with van der Waals surface area (Å²) >= 11 is 11.6. The van der Waals surface area contributed by atoms with E-state index in [1.165, 1.54) is 0 Å². The number of rotatable bonds is 6. The lowest BCUT2D eigenvalue weighted by Gasteiger charge is -2.07. The van der Waals surface area contributed by atoms with E-state index < -0.39 is 0 Å². The van der Waals surface area contributed by atoms with E-state index in [0.29, 0.717) is 18.7 Å². The lowest BCUT2D eigenvalue weighted by molar-refractivity contribution is -0.118. The predicted octanol–water partition coefficient (Wildman–Crippen LogP) is 4.12. The van der Waals surface area contributed by atoms with Gasteiger partial charge < -0.3 is 0 Å². The number of ketones is 1. The molecule has 0 aromatic heterocycles. The van der Waals surface area contributed by atoms with Gasteiger partial charge in [0.05, 0.1) is 5.38 Å². The average Bonchev–Trinajstić information content (AvgIpc) is 2.29. The van der Waals surface area contributed by atoms with E-state index in [4.69, 9.17) is 23.2 Å². The molecule has 1 unspecified atom stereocenters. The van der Waals surface area contributed by atoms with Crippen molar-refractivity contribution in [3.05, 3.63) is 35.4 Å². The van der Waals surface area contributed by atoms with E-state index >= 15 is 0 Å². The van der Waals surface area contributed by atoms with Crippen LogP contribution in [0.15, 0.2) is 24.3 Å². The maximum atomic E-state index is 11.4. The molecule has 0 aliphatic rings. The number of alkyl halides is 2. The van der Waals surface area contributed by atoms with Gasteiger partial charge in [-0.25, -0.2) is 0 Å². The molecule has 0 fully saturated rings. The molecule has 0 radical (unpaired) electrons. The molecule has 1 atom stereocenters. The third kappa shape index (κ3) is 4.15. The quantitative estimate of drug-likeness (QED) is 0.702. The van der Waals surface area contributed by atoms with Gasteiger partial charge >= 0.3 is 0 Å². The summed E-state index contributed by atoms with van der Waals surface area (Å²) in [5.41, 5.74) is 2.14. The largest absolute Gasteiger partial charge is 0.299 e. The van der Waals surface area contributed by atoms with Crippen LogP contribution in [-0.2, 0) is 11.2 Å². The summed E-state index contributed by atoms with van der Waals surface area (Å²) < 4.78 is 0. The minimum absolute atomic E-state index is 0.0626. The van der Waals surface area contributed by atoms with Crippen molar-refractivity contribution in [1.29, 1.82) is 0 Å². The summed E-state index contributed by atoms with van der Waals surface area (Å²) in [6.45, 7) is 2.05. The molecular weight excluding hydrogens is 243 g/mol. The Morgan fingerprint density at radius 3 is 2.44 bits per heavy atom. The van der Waals surface area contributed by atoms with Gasteiger partial charge in [-0.15, -0.1) is 23.2 Å². The molecule has 0 amide bonds. The molecule has 0 N–H and O–H groups in total. The topological polar surface area (TPSA) is 17.1 Å². The first-order chi connectivity index (χ1) is 7.67. The maximum absolute atomic E-state index is 11.4. The second-order valence-corrected chi connectivity index (χ2v) is 4.68. The van der Waals surface area contributed by atoms with Gasteiger partial charge in [0.1, 0.15) is 5.78 Å². The van der Waals surface area contributed by atoms with E-state index in [2.05, 4.69) is 6.92 Å². The van der Waals surface area contributed by atoms with Crippen molar-refractivity contribution in [2.75, 3.05) is 5.88 Å². The van der Waals surface area contributed by atoms with Crippen molar-refractivity contribution >= 4 is 29.0 Å². The average molecular weight is 259 g/mol. The van der Waals surface area contributed by atoms with Crippen LogP contribution in [0, 0.1) is 0 Å². The van der Waals surface area contributed by atoms with Gasteiger partial charge in [0.2, 0.25) is 0 Å². The molecule has 0 saturated heterocycles. The van der Waals surface area contributed by atoms with Crippen molar-refractivity contribution in [3.63, 3.8) is 0 Å². The molecule has 3 heteroatoms. The van der Waals surface area contributed by atoms with Crippen LogP contribution < -0.4 is 0 Å². The molecule has 1 nitrogen and oxygen atoms in total. The summed E-state index contributed by atoms with van der Waals surface area (Å²) in [6, 6.07) is 7.91. The summed E-state index contributed by atoms with van der Waals surface area (Å²) in [5.74, 6) is 0.580. The van der Waals surface area contributed by atoms with E-state index in [-0.39, 0.29) is 11.2 Å². The Hall–Kier alpha value is -0.530. The zero-order valence-electron chi connectivity index (χ0n) is 9.38. The van der Waals surface area contributed by atoms with Crippen LogP contribution in [0.1, 0.15) is 36.3 Å². The predicted molar refractivity (Wildman–Crippen MR) is 69.4 cm³/mol. The molecule has 0 bridgehead atoms. The fourth-order valence-corrected chi connectivity index (χ4v) is 1.86. The van der Waals surface area contributed by atoms with Crippen molar-refractivity contribution in [2.24, 2.45) is 0 Å². The summed E-state index contributed by atoms with van der Waals surface area (Å²) in [7, 11) is 0. The number of carbonyl (C=O) groups excluding carboxylic acids is 1. The Labute approximate surface area is 107 Å². The fourth-order valence-electron chi connectivity index (χ4n) is 1.50. The Morgan fingerprint density at radius 2 is 1.94 bits per heavy atom. The Kier molecular flexibility index (Phi) is 5.86. The van der Waals surface area contributed by atoms with Crippen LogP contribution in [0.25, 0.3) is 0 Å². The highest BCUT2D eigenvalue weighted by Crippen LogP contribution is 2.23. The third-order valence-corrected chi connectivity index (χ3v) is 3.22. The molecule has 16 heavy (non-hydrogen) atoms. The molecule has 0 aliphatic carbocycles. The number of halogens is 2. The molecule has 0 aliphatic heterocycles. The molecule has 88 valence electrons. The number of benzene rings is 1. The highest BCUT2D eigenvalue weighted by atomic mass is 35.5. The van der Waals surface area contributed by atoms with Crippen LogP contribution in [0.5, 0.6) is 0 Å². The number of hydrogen-bond acceptors (Lipinski definition) is 1. The van der Waals surface area contributed by atoms with Crippen LogP contribution in [-0.4, -0.2) is 11.7 Å². The van der Waals surface area contributed by atoms with Gasteiger partial charge in [-0.1, -0.05) is 31.2 Å². The zero-order valence-corrected chi connectivity index (χ0v) is 10.9. The smallest absolute Gasteiger partial charge is 0.138 e. The van der Waals surface area contributed by atoms with E-state index in [1.807, 2.05) is 24.3 Å². The van der Waals surface area contributed by atoms with Gasteiger partial charge in [0.15, 0.2) is 0 Å². The van der Waals surface area contributed by atoms with Gasteiger partial charge in [-0.2, -0.15) is 0 Å². The number of hydrogen-bond donors (Lipinski definition) is 0. The maximum Gasteiger partial charge on any atom is 0.138 e. The molecule has 0 spiro atoms. The van der Waals surface area contributed by atoms with Gasteiger partial charge in [-0.3, -0.25) is 4.79 Å². The van der Waals surface area contributed by atoms with Crippen molar-refractivity contribution in [2.45, 2.75) is 31.6 Å². The SMILES string of the molecule is CCC(Cl)c1ccc(CC(=O)CCCl)cc1. The standard InChI is InChI=1S/C13H16Cl2O/c1-2-13(15)11-5-3-10(4-6-11)9-12(16)7-8-14/h3-6,13H,2,7-9H2,1H3. The Balaban J connectivity index is 2.61. The third-order valence-electron chi connectivity index (χ3n) is 2.47. The van der Waals surface area contributed by atoms with Gasteiger partial charge in [0.25, 0.3) is 0 Å². The Morgan fingerprint density at radius 1 is 1.31 bits per heavy atom. The fraction of sp³-hybridized carbons (Fsp3) is 0.462. The number of carbonyl (C=O) groups is 1. The monoisotopic (exact) mass is 258 g/mol. The van der Waals surface area contributed by atoms with Crippen LogP contribution >= 0.6 is 23.2 Å². The van der Waals surface area contributed by atoms with E-state index in [0.717, 1.165) is 17.5 Å². The lowest BCUT2D eigenvalue weighted by atomic mass is 10.0. The first-order valence-corrected chi connectivity index (χ1v) is 6.45. The van der Waals surface area contributed by atoms with Gasteiger partial charge in [-0.05, 0) is 17.5 Å². The minimum atomic E-state index is 0.0626.